The van der Waals surface area contributed by atoms with Gasteiger partial charge < -0.3 is 5.32 Å². The molecule has 0 radical (unpaired) electrons. The normalized spacial score (nSPS) is 23.8. The minimum Gasteiger partial charge on any atom is -0.306 e. The lowest BCUT2D eigenvalue weighted by Gasteiger charge is -2.33. The van der Waals surface area contributed by atoms with Crippen LogP contribution in [-0.2, 0) is 10.8 Å². The van der Waals surface area contributed by atoms with E-state index in [9.17, 15) is 4.21 Å². The van der Waals surface area contributed by atoms with E-state index in [1.165, 1.54) is 18.4 Å². The fourth-order valence-electron chi connectivity index (χ4n) is 3.43. The maximum atomic E-state index is 12.3. The van der Waals surface area contributed by atoms with E-state index in [1.807, 2.05) is 19.1 Å². The van der Waals surface area contributed by atoms with Crippen molar-refractivity contribution in [1.29, 1.82) is 0 Å². The average molecular weight is 347 g/mol. The Kier molecular flexibility index (Phi) is 5.73. The molecule has 2 aromatic rings. The monoisotopic (exact) mass is 347 g/mol. The van der Waals surface area contributed by atoms with Crippen LogP contribution in [0.4, 0.5) is 0 Å². The second-order valence-electron chi connectivity index (χ2n) is 6.33. The van der Waals surface area contributed by atoms with Crippen molar-refractivity contribution >= 4 is 10.8 Å². The summed E-state index contributed by atoms with van der Waals surface area (Å²) in [4.78, 5) is 0. The van der Waals surface area contributed by atoms with Crippen LogP contribution in [0.25, 0.3) is 5.69 Å². The quantitative estimate of drug-likeness (QED) is 0.869. The molecule has 130 valence electrons. The molecular formula is C17H25N5OS. The van der Waals surface area contributed by atoms with Crippen LogP contribution in [0.2, 0.25) is 0 Å². The Bertz CT molecular complexity index is 658. The number of hydrogen-bond donors (Lipinski definition) is 1. The molecule has 1 aromatic heterocycles. The average Bonchev–Trinajstić information content (AvgIpc) is 3.16. The molecule has 1 aliphatic carbocycles. The fourth-order valence-corrected chi connectivity index (χ4v) is 4.87. The van der Waals surface area contributed by atoms with Crippen LogP contribution in [0.5, 0.6) is 0 Å². The summed E-state index contributed by atoms with van der Waals surface area (Å²) < 4.78 is 14.0. The van der Waals surface area contributed by atoms with Gasteiger partial charge in [0, 0.05) is 28.6 Å². The van der Waals surface area contributed by atoms with Crippen molar-refractivity contribution in [2.75, 3.05) is 5.75 Å². The van der Waals surface area contributed by atoms with Gasteiger partial charge in [-0.3, -0.25) is 4.21 Å². The van der Waals surface area contributed by atoms with Crippen LogP contribution in [-0.4, -0.2) is 41.5 Å². The summed E-state index contributed by atoms with van der Waals surface area (Å²) in [6.45, 7) is 4.19. The highest BCUT2D eigenvalue weighted by Gasteiger charge is 2.30. The Morgan fingerprint density at radius 2 is 2.04 bits per heavy atom. The van der Waals surface area contributed by atoms with Gasteiger partial charge in [-0.05, 0) is 47.9 Å². The first-order valence-electron chi connectivity index (χ1n) is 8.65. The van der Waals surface area contributed by atoms with Crippen molar-refractivity contribution in [2.24, 2.45) is 0 Å². The van der Waals surface area contributed by atoms with E-state index < -0.39 is 10.8 Å². The van der Waals surface area contributed by atoms with Crippen molar-refractivity contribution in [3.05, 3.63) is 36.2 Å². The SMILES string of the molecule is CC[S@@](=O)[C@@H]1CCCC[C@@H]1N[C@H](C)c1ccc(-n2cnnn2)cc1. The van der Waals surface area contributed by atoms with Crippen molar-refractivity contribution in [1.82, 2.24) is 25.5 Å². The molecule has 7 heteroatoms. The number of benzene rings is 1. The van der Waals surface area contributed by atoms with Gasteiger partial charge in [-0.1, -0.05) is 31.9 Å². The molecule has 1 heterocycles. The Morgan fingerprint density at radius 3 is 2.71 bits per heavy atom. The van der Waals surface area contributed by atoms with Gasteiger partial charge in [-0.2, -0.15) is 0 Å². The van der Waals surface area contributed by atoms with Gasteiger partial charge in [0.05, 0.1) is 10.9 Å². The minimum absolute atomic E-state index is 0.229. The zero-order valence-corrected chi connectivity index (χ0v) is 15.1. The van der Waals surface area contributed by atoms with E-state index in [0.717, 1.165) is 24.3 Å². The first-order valence-corrected chi connectivity index (χ1v) is 10.0. The standard InChI is InChI=1S/C17H25N5OS/c1-3-24(23)17-7-5-4-6-16(17)19-13(2)14-8-10-15(11-9-14)22-12-18-20-21-22/h8-13,16-17,19H,3-7H2,1-2H3/t13-,16+,17-,24-/m1/s1. The summed E-state index contributed by atoms with van der Waals surface area (Å²) in [6.07, 6.45) is 6.19. The largest absolute Gasteiger partial charge is 0.306 e. The molecule has 1 fully saturated rings. The van der Waals surface area contributed by atoms with Gasteiger partial charge in [-0.25, -0.2) is 4.68 Å². The molecule has 24 heavy (non-hydrogen) atoms. The Balaban J connectivity index is 1.67. The lowest BCUT2D eigenvalue weighted by Crippen LogP contribution is -2.45. The molecule has 1 saturated carbocycles. The van der Waals surface area contributed by atoms with Crippen molar-refractivity contribution in [3.63, 3.8) is 0 Å². The molecule has 1 aromatic carbocycles. The van der Waals surface area contributed by atoms with Gasteiger partial charge >= 0.3 is 0 Å². The van der Waals surface area contributed by atoms with Gasteiger partial charge in [-0.15, -0.1) is 5.10 Å². The zero-order valence-electron chi connectivity index (χ0n) is 14.3. The lowest BCUT2D eigenvalue weighted by molar-refractivity contribution is 0.352. The smallest absolute Gasteiger partial charge is 0.143 e. The van der Waals surface area contributed by atoms with Crippen LogP contribution < -0.4 is 5.32 Å². The van der Waals surface area contributed by atoms with Crippen molar-refractivity contribution in [2.45, 2.75) is 56.9 Å². The van der Waals surface area contributed by atoms with Crippen LogP contribution in [0.1, 0.15) is 51.1 Å². The van der Waals surface area contributed by atoms with Crippen LogP contribution in [0.3, 0.4) is 0 Å². The van der Waals surface area contributed by atoms with E-state index in [-0.39, 0.29) is 11.3 Å². The lowest BCUT2D eigenvalue weighted by atomic mass is 9.93. The molecule has 0 unspecified atom stereocenters. The van der Waals surface area contributed by atoms with Crippen LogP contribution in [0.15, 0.2) is 30.6 Å². The summed E-state index contributed by atoms with van der Waals surface area (Å²) in [6, 6.07) is 8.81. The predicted molar refractivity (Wildman–Crippen MR) is 95.4 cm³/mol. The third-order valence-electron chi connectivity index (χ3n) is 4.80. The highest BCUT2D eigenvalue weighted by atomic mass is 32.2. The maximum absolute atomic E-state index is 12.3. The van der Waals surface area contributed by atoms with E-state index in [2.05, 4.69) is 39.9 Å². The molecule has 0 aliphatic heterocycles. The van der Waals surface area contributed by atoms with Gasteiger partial charge in [0.1, 0.15) is 6.33 Å². The third-order valence-corrected chi connectivity index (χ3v) is 6.60. The van der Waals surface area contributed by atoms with Gasteiger partial charge in [0.25, 0.3) is 0 Å². The molecule has 1 aliphatic rings. The number of nitrogens with one attached hydrogen (secondary N) is 1. The van der Waals surface area contributed by atoms with Gasteiger partial charge in [0.2, 0.25) is 0 Å². The Labute approximate surface area is 145 Å². The number of nitrogens with zero attached hydrogens (tertiary/aromatic N) is 4. The molecule has 0 spiro atoms. The maximum Gasteiger partial charge on any atom is 0.143 e. The Morgan fingerprint density at radius 1 is 1.29 bits per heavy atom. The second-order valence-corrected chi connectivity index (χ2v) is 8.28. The minimum atomic E-state index is -0.728. The molecule has 1 N–H and O–H groups in total. The van der Waals surface area contributed by atoms with Crippen molar-refractivity contribution in [3.8, 4) is 5.69 Å². The second kappa shape index (κ2) is 7.98. The topological polar surface area (TPSA) is 72.7 Å². The van der Waals surface area contributed by atoms with E-state index in [4.69, 9.17) is 0 Å². The molecule has 3 rings (SSSR count). The molecule has 0 amide bonds. The van der Waals surface area contributed by atoms with Crippen LogP contribution >= 0.6 is 0 Å². The number of hydrogen-bond acceptors (Lipinski definition) is 5. The number of tetrazole rings is 1. The Hall–Kier alpha value is -1.60. The molecule has 0 saturated heterocycles. The summed E-state index contributed by atoms with van der Waals surface area (Å²) in [7, 11) is -0.728. The summed E-state index contributed by atoms with van der Waals surface area (Å²) in [5, 5.41) is 15.2. The summed E-state index contributed by atoms with van der Waals surface area (Å²) in [5.41, 5.74) is 2.16. The molecule has 0 bridgehead atoms. The fraction of sp³-hybridized carbons (Fsp3) is 0.588. The van der Waals surface area contributed by atoms with Crippen molar-refractivity contribution < 1.29 is 4.21 Å². The molecular weight excluding hydrogens is 322 g/mol. The third kappa shape index (κ3) is 3.89. The highest BCUT2D eigenvalue weighted by molar-refractivity contribution is 7.85. The summed E-state index contributed by atoms with van der Waals surface area (Å²) in [5.74, 6) is 0.748. The van der Waals surface area contributed by atoms with Gasteiger partial charge in [0.15, 0.2) is 0 Å². The summed E-state index contributed by atoms with van der Waals surface area (Å²) >= 11 is 0. The van der Waals surface area contributed by atoms with E-state index in [1.54, 1.807) is 11.0 Å². The first-order chi connectivity index (χ1) is 11.7. The first kappa shape index (κ1) is 17.2. The number of aromatic nitrogens is 4. The molecule has 4 atom stereocenters. The zero-order chi connectivity index (χ0) is 16.9. The highest BCUT2D eigenvalue weighted by Crippen LogP contribution is 2.26. The predicted octanol–water partition coefficient (Wildman–Crippen LogP) is 2.39. The van der Waals surface area contributed by atoms with E-state index >= 15 is 0 Å². The number of rotatable bonds is 6. The van der Waals surface area contributed by atoms with E-state index in [0.29, 0.717) is 6.04 Å². The molecule has 6 nitrogen and oxygen atoms in total. The van der Waals surface area contributed by atoms with Crippen LogP contribution in [0, 0.1) is 0 Å².